The summed E-state index contributed by atoms with van der Waals surface area (Å²) in [6, 6.07) is 16.6. The molecular formula is C22H20N4OS. The maximum absolute atomic E-state index is 13.1. The average molecular weight is 388 g/mol. The van der Waals surface area contributed by atoms with E-state index in [1.54, 1.807) is 22.5 Å². The van der Waals surface area contributed by atoms with E-state index in [1.165, 1.54) is 22.9 Å². The van der Waals surface area contributed by atoms with Crippen LogP contribution in [0, 0.1) is 13.8 Å². The molecule has 2 aromatic carbocycles. The van der Waals surface area contributed by atoms with Crippen molar-refractivity contribution in [1.82, 2.24) is 19.5 Å². The van der Waals surface area contributed by atoms with Gasteiger partial charge in [-0.25, -0.2) is 15.0 Å². The van der Waals surface area contributed by atoms with Gasteiger partial charge in [0.05, 0.1) is 6.54 Å². The molecule has 0 fully saturated rings. The van der Waals surface area contributed by atoms with Gasteiger partial charge in [-0.15, -0.1) is 0 Å². The molecule has 0 aliphatic heterocycles. The SMILES string of the molecule is Cc1ccc(CSc2nc3nccnc3c(=O)n2Cc2ccc(C)cc2)cc1. The Hall–Kier alpha value is -2.99. The number of aromatic nitrogens is 4. The van der Waals surface area contributed by atoms with Gasteiger partial charge in [0.15, 0.2) is 16.3 Å². The van der Waals surface area contributed by atoms with Crippen LogP contribution >= 0.6 is 11.8 Å². The summed E-state index contributed by atoms with van der Waals surface area (Å²) in [6.07, 6.45) is 3.09. The first-order valence-electron chi connectivity index (χ1n) is 9.05. The van der Waals surface area contributed by atoms with Crippen LogP contribution in [0.4, 0.5) is 0 Å². The Balaban J connectivity index is 1.73. The molecule has 0 unspecified atom stereocenters. The van der Waals surface area contributed by atoms with Gasteiger partial charge in [-0.3, -0.25) is 9.36 Å². The molecule has 2 heterocycles. The Morgan fingerprint density at radius 1 is 0.857 bits per heavy atom. The third kappa shape index (κ3) is 3.97. The number of nitrogens with zero attached hydrogens (tertiary/aromatic N) is 4. The summed E-state index contributed by atoms with van der Waals surface area (Å²) in [5, 5.41) is 0.652. The van der Waals surface area contributed by atoms with Gasteiger partial charge in [0.25, 0.3) is 5.56 Å². The van der Waals surface area contributed by atoms with E-state index in [2.05, 4.69) is 46.1 Å². The molecular weight excluding hydrogens is 368 g/mol. The minimum absolute atomic E-state index is 0.162. The van der Waals surface area contributed by atoms with Gasteiger partial charge >= 0.3 is 0 Å². The summed E-state index contributed by atoms with van der Waals surface area (Å²) in [5.41, 5.74) is 5.18. The normalized spacial score (nSPS) is 11.1. The lowest BCUT2D eigenvalue weighted by atomic mass is 10.1. The summed E-state index contributed by atoms with van der Waals surface area (Å²) in [7, 11) is 0. The molecule has 0 aliphatic rings. The van der Waals surface area contributed by atoms with E-state index in [9.17, 15) is 4.79 Å². The van der Waals surface area contributed by atoms with Gasteiger partial charge in [-0.05, 0) is 25.0 Å². The van der Waals surface area contributed by atoms with Crippen LogP contribution in [-0.2, 0) is 12.3 Å². The Morgan fingerprint density at radius 2 is 1.46 bits per heavy atom. The van der Waals surface area contributed by atoms with Crippen molar-refractivity contribution in [2.45, 2.75) is 31.3 Å². The zero-order valence-electron chi connectivity index (χ0n) is 15.8. The van der Waals surface area contributed by atoms with Crippen LogP contribution in [0.15, 0.2) is 70.9 Å². The molecule has 4 rings (SSSR count). The van der Waals surface area contributed by atoms with E-state index in [-0.39, 0.29) is 5.56 Å². The van der Waals surface area contributed by atoms with Gasteiger partial charge in [0.2, 0.25) is 0 Å². The molecule has 0 radical (unpaired) electrons. The molecule has 0 amide bonds. The highest BCUT2D eigenvalue weighted by Gasteiger charge is 2.14. The number of hydrogen-bond acceptors (Lipinski definition) is 5. The van der Waals surface area contributed by atoms with E-state index < -0.39 is 0 Å². The molecule has 5 nitrogen and oxygen atoms in total. The lowest BCUT2D eigenvalue weighted by molar-refractivity contribution is 0.654. The van der Waals surface area contributed by atoms with Crippen molar-refractivity contribution in [3.05, 3.63) is 93.5 Å². The van der Waals surface area contributed by atoms with Gasteiger partial charge in [0.1, 0.15) is 0 Å². The van der Waals surface area contributed by atoms with Crippen LogP contribution in [-0.4, -0.2) is 19.5 Å². The number of rotatable bonds is 5. The summed E-state index contributed by atoms with van der Waals surface area (Å²) in [6.45, 7) is 4.57. The van der Waals surface area contributed by atoms with Gasteiger partial charge in [0, 0.05) is 18.1 Å². The second-order valence-corrected chi connectivity index (χ2v) is 7.72. The van der Waals surface area contributed by atoms with Crippen molar-refractivity contribution in [2.24, 2.45) is 0 Å². The fraction of sp³-hybridized carbons (Fsp3) is 0.182. The van der Waals surface area contributed by atoms with Crippen molar-refractivity contribution >= 4 is 22.9 Å². The highest BCUT2D eigenvalue weighted by atomic mass is 32.2. The number of thioether (sulfide) groups is 1. The Kier molecular flexibility index (Phi) is 5.21. The summed E-state index contributed by atoms with van der Waals surface area (Å²) >= 11 is 1.54. The van der Waals surface area contributed by atoms with Crippen molar-refractivity contribution in [1.29, 1.82) is 0 Å². The molecule has 6 heteroatoms. The first kappa shape index (κ1) is 18.4. The van der Waals surface area contributed by atoms with Crippen LogP contribution in [0.3, 0.4) is 0 Å². The zero-order valence-corrected chi connectivity index (χ0v) is 16.6. The molecule has 2 aromatic heterocycles. The van der Waals surface area contributed by atoms with Crippen LogP contribution in [0.1, 0.15) is 22.3 Å². The summed E-state index contributed by atoms with van der Waals surface area (Å²) in [5.74, 6) is 0.729. The van der Waals surface area contributed by atoms with E-state index >= 15 is 0 Å². The predicted octanol–water partition coefficient (Wildman–Crippen LogP) is 4.14. The summed E-state index contributed by atoms with van der Waals surface area (Å²) in [4.78, 5) is 26.1. The molecule has 0 spiro atoms. The molecule has 4 aromatic rings. The van der Waals surface area contributed by atoms with Crippen LogP contribution < -0.4 is 5.56 Å². The Morgan fingerprint density at radius 3 is 2.14 bits per heavy atom. The van der Waals surface area contributed by atoms with Crippen molar-refractivity contribution in [2.75, 3.05) is 0 Å². The average Bonchev–Trinajstić information content (AvgIpc) is 2.71. The van der Waals surface area contributed by atoms with E-state index in [0.29, 0.717) is 22.9 Å². The largest absolute Gasteiger partial charge is 0.282 e. The second kappa shape index (κ2) is 7.94. The fourth-order valence-corrected chi connectivity index (χ4v) is 3.83. The monoisotopic (exact) mass is 388 g/mol. The van der Waals surface area contributed by atoms with Crippen LogP contribution in [0.2, 0.25) is 0 Å². The number of hydrogen-bond donors (Lipinski definition) is 0. The molecule has 0 saturated heterocycles. The number of fused-ring (bicyclic) bond motifs is 1. The Labute approximate surface area is 167 Å². The van der Waals surface area contributed by atoms with Crippen molar-refractivity contribution in [3.63, 3.8) is 0 Å². The molecule has 0 atom stereocenters. The quantitative estimate of drug-likeness (QED) is 0.380. The lowest BCUT2D eigenvalue weighted by Crippen LogP contribution is -2.25. The Bertz CT molecular complexity index is 1170. The van der Waals surface area contributed by atoms with Crippen LogP contribution in [0.25, 0.3) is 11.2 Å². The maximum Gasteiger partial charge on any atom is 0.282 e. The number of aryl methyl sites for hydroxylation is 2. The molecule has 0 N–H and O–H groups in total. The third-order valence-corrected chi connectivity index (χ3v) is 5.56. The molecule has 140 valence electrons. The standard InChI is InChI=1S/C22H20N4OS/c1-15-3-7-17(8-4-15)13-26-21(27)19-20(24-12-11-23-19)25-22(26)28-14-18-9-5-16(2)6-10-18/h3-12H,13-14H2,1-2H3. The van der Waals surface area contributed by atoms with E-state index in [0.717, 1.165) is 11.3 Å². The number of benzene rings is 2. The van der Waals surface area contributed by atoms with Gasteiger partial charge < -0.3 is 0 Å². The molecule has 28 heavy (non-hydrogen) atoms. The van der Waals surface area contributed by atoms with Crippen molar-refractivity contribution in [3.8, 4) is 0 Å². The first-order chi connectivity index (χ1) is 13.6. The molecule has 0 saturated carbocycles. The third-order valence-electron chi connectivity index (χ3n) is 4.51. The van der Waals surface area contributed by atoms with Crippen molar-refractivity contribution < 1.29 is 0 Å². The van der Waals surface area contributed by atoms with E-state index in [1.807, 2.05) is 31.2 Å². The zero-order chi connectivity index (χ0) is 19.5. The lowest BCUT2D eigenvalue weighted by Gasteiger charge is -2.13. The highest BCUT2D eigenvalue weighted by molar-refractivity contribution is 7.98. The molecule has 0 aliphatic carbocycles. The highest BCUT2D eigenvalue weighted by Crippen LogP contribution is 2.22. The van der Waals surface area contributed by atoms with Crippen LogP contribution in [0.5, 0.6) is 0 Å². The van der Waals surface area contributed by atoms with Gasteiger partial charge in [-0.1, -0.05) is 71.4 Å². The van der Waals surface area contributed by atoms with Gasteiger partial charge in [-0.2, -0.15) is 0 Å². The minimum atomic E-state index is -0.162. The summed E-state index contributed by atoms with van der Waals surface area (Å²) < 4.78 is 1.69. The topological polar surface area (TPSA) is 60.7 Å². The predicted molar refractivity (Wildman–Crippen MR) is 113 cm³/mol. The minimum Gasteiger partial charge on any atom is -0.281 e. The maximum atomic E-state index is 13.1. The molecule has 0 bridgehead atoms. The fourth-order valence-electron chi connectivity index (χ4n) is 2.89. The smallest absolute Gasteiger partial charge is 0.281 e. The van der Waals surface area contributed by atoms with E-state index in [4.69, 9.17) is 0 Å². The second-order valence-electron chi connectivity index (χ2n) is 6.77. The first-order valence-corrected chi connectivity index (χ1v) is 10.0.